The molecule has 0 spiro atoms. The molecule has 0 radical (unpaired) electrons. The van der Waals surface area contributed by atoms with Crippen molar-refractivity contribution in [2.75, 3.05) is 6.61 Å². The summed E-state index contributed by atoms with van der Waals surface area (Å²) in [5.41, 5.74) is 1.69. The molecule has 0 aromatic carbocycles. The first kappa shape index (κ1) is 21.8. The highest BCUT2D eigenvalue weighted by atomic mass is 16.7. The zero-order chi connectivity index (χ0) is 21.0. The van der Waals surface area contributed by atoms with Crippen LogP contribution >= 0.6 is 0 Å². The Morgan fingerprint density at radius 1 is 1.00 bits per heavy atom. The third-order valence-electron chi connectivity index (χ3n) is 9.25. The molecule has 1 N–H and O–H groups in total. The maximum absolute atomic E-state index is 10.7. The Hall–Kier alpha value is -0.380. The van der Waals surface area contributed by atoms with E-state index in [1.807, 2.05) is 0 Å². The molecule has 0 saturated heterocycles. The van der Waals surface area contributed by atoms with E-state index in [9.17, 15) is 5.11 Å². The highest BCUT2D eigenvalue weighted by Gasteiger charge is 2.67. The topological polar surface area (TPSA) is 38.7 Å². The summed E-state index contributed by atoms with van der Waals surface area (Å²) in [6.07, 6.45) is 12.4. The van der Waals surface area contributed by atoms with Gasteiger partial charge in [-0.25, -0.2) is 0 Å². The molecule has 3 saturated carbocycles. The average molecular weight is 405 g/mol. The predicted molar refractivity (Wildman–Crippen MR) is 117 cm³/mol. The van der Waals surface area contributed by atoms with Crippen molar-refractivity contribution in [2.45, 2.75) is 111 Å². The number of hydrogen-bond donors (Lipinski definition) is 1. The molecule has 0 bridgehead atoms. The van der Waals surface area contributed by atoms with Gasteiger partial charge in [0.2, 0.25) is 0 Å². The van der Waals surface area contributed by atoms with Crippen molar-refractivity contribution in [1.82, 2.24) is 0 Å². The van der Waals surface area contributed by atoms with Crippen LogP contribution in [0.1, 0.15) is 92.9 Å². The van der Waals surface area contributed by atoms with E-state index in [4.69, 9.17) is 9.47 Å². The standard InChI is InChI=1S/C26H44O3/c1-17(2)28-26(29-18(3)4)14-11-21-23-19(5)15-20-9-7-8-12-25(20,16-27)22(23)10-13-24(21,26)6/h15,17-19,21-23,27H,7-14,16H2,1-6H3/t19?,21-,22+,23-,24-,25+/m0/s1. The second kappa shape index (κ2) is 7.64. The molecule has 6 atom stereocenters. The second-order valence-electron chi connectivity index (χ2n) is 11.4. The first-order valence-electron chi connectivity index (χ1n) is 12.4. The maximum Gasteiger partial charge on any atom is 0.174 e. The fraction of sp³-hybridized carbons (Fsp3) is 0.923. The zero-order valence-electron chi connectivity index (χ0n) is 19.7. The Morgan fingerprint density at radius 2 is 1.66 bits per heavy atom. The number of allylic oxidation sites excluding steroid dienone is 1. The Balaban J connectivity index is 1.73. The third kappa shape index (κ3) is 3.17. The summed E-state index contributed by atoms with van der Waals surface area (Å²) in [6.45, 7) is 13.8. The molecule has 4 rings (SSSR count). The molecule has 166 valence electrons. The summed E-state index contributed by atoms with van der Waals surface area (Å²) < 4.78 is 13.3. The van der Waals surface area contributed by atoms with Gasteiger partial charge in [-0.1, -0.05) is 31.9 Å². The van der Waals surface area contributed by atoms with E-state index in [1.54, 1.807) is 5.57 Å². The summed E-state index contributed by atoms with van der Waals surface area (Å²) >= 11 is 0. The van der Waals surface area contributed by atoms with Crippen LogP contribution in [0, 0.1) is 34.5 Å². The molecular weight excluding hydrogens is 360 g/mol. The van der Waals surface area contributed by atoms with E-state index in [1.165, 1.54) is 38.5 Å². The quantitative estimate of drug-likeness (QED) is 0.444. The number of rotatable bonds is 5. The van der Waals surface area contributed by atoms with Crippen LogP contribution in [0.4, 0.5) is 0 Å². The van der Waals surface area contributed by atoms with Crippen LogP contribution in [0.25, 0.3) is 0 Å². The lowest BCUT2D eigenvalue weighted by molar-refractivity contribution is -0.325. The van der Waals surface area contributed by atoms with Gasteiger partial charge in [0.05, 0.1) is 18.8 Å². The predicted octanol–water partition coefficient (Wildman–Crippen LogP) is 6.10. The third-order valence-corrected chi connectivity index (χ3v) is 9.25. The fourth-order valence-electron chi connectivity index (χ4n) is 8.27. The van der Waals surface area contributed by atoms with Crippen LogP contribution in [-0.4, -0.2) is 29.7 Å². The molecular formula is C26H44O3. The van der Waals surface area contributed by atoms with Crippen LogP contribution in [0.3, 0.4) is 0 Å². The smallest absolute Gasteiger partial charge is 0.174 e. The second-order valence-corrected chi connectivity index (χ2v) is 11.4. The van der Waals surface area contributed by atoms with Crippen molar-refractivity contribution in [3.8, 4) is 0 Å². The highest BCUT2D eigenvalue weighted by molar-refractivity contribution is 5.27. The molecule has 0 aromatic heterocycles. The van der Waals surface area contributed by atoms with Gasteiger partial charge in [-0.2, -0.15) is 0 Å². The van der Waals surface area contributed by atoms with Crippen LogP contribution in [0.5, 0.6) is 0 Å². The molecule has 3 fully saturated rings. The summed E-state index contributed by atoms with van der Waals surface area (Å²) in [5.74, 6) is 1.99. The van der Waals surface area contributed by atoms with Crippen molar-refractivity contribution in [1.29, 1.82) is 0 Å². The fourth-order valence-corrected chi connectivity index (χ4v) is 8.27. The summed E-state index contributed by atoms with van der Waals surface area (Å²) in [4.78, 5) is 0. The van der Waals surface area contributed by atoms with Crippen molar-refractivity contribution < 1.29 is 14.6 Å². The number of ether oxygens (including phenoxy) is 2. The Morgan fingerprint density at radius 3 is 2.28 bits per heavy atom. The van der Waals surface area contributed by atoms with Crippen LogP contribution in [0.2, 0.25) is 0 Å². The van der Waals surface area contributed by atoms with E-state index in [0.717, 1.165) is 12.8 Å². The van der Waals surface area contributed by atoms with Gasteiger partial charge in [0, 0.05) is 17.3 Å². The Bertz CT molecular complexity index is 628. The molecule has 0 amide bonds. The van der Waals surface area contributed by atoms with Crippen LogP contribution in [0.15, 0.2) is 11.6 Å². The number of aliphatic hydroxyl groups excluding tert-OH is 1. The monoisotopic (exact) mass is 404 g/mol. The molecule has 3 heteroatoms. The molecule has 0 heterocycles. The number of fused-ring (bicyclic) bond motifs is 5. The van der Waals surface area contributed by atoms with E-state index in [0.29, 0.717) is 30.3 Å². The lowest BCUT2D eigenvalue weighted by Crippen LogP contribution is -2.59. The Labute approximate surface area is 178 Å². The van der Waals surface area contributed by atoms with Crippen LogP contribution in [-0.2, 0) is 9.47 Å². The molecule has 4 aliphatic carbocycles. The summed E-state index contributed by atoms with van der Waals surface area (Å²) in [7, 11) is 0. The van der Waals surface area contributed by atoms with Gasteiger partial charge in [0.15, 0.2) is 5.79 Å². The van der Waals surface area contributed by atoms with Gasteiger partial charge in [-0.15, -0.1) is 0 Å². The van der Waals surface area contributed by atoms with Gasteiger partial charge in [-0.3, -0.25) is 0 Å². The van der Waals surface area contributed by atoms with Crippen molar-refractivity contribution in [3.05, 3.63) is 11.6 Å². The minimum atomic E-state index is -0.465. The lowest BCUT2D eigenvalue weighted by Gasteiger charge is -2.61. The number of hydrogen-bond acceptors (Lipinski definition) is 3. The molecule has 1 unspecified atom stereocenters. The van der Waals surface area contributed by atoms with Gasteiger partial charge >= 0.3 is 0 Å². The first-order chi connectivity index (χ1) is 13.7. The zero-order valence-corrected chi connectivity index (χ0v) is 19.7. The molecule has 0 aliphatic heterocycles. The van der Waals surface area contributed by atoms with Gasteiger partial charge in [0.1, 0.15) is 0 Å². The van der Waals surface area contributed by atoms with Gasteiger partial charge in [0.25, 0.3) is 0 Å². The van der Waals surface area contributed by atoms with Crippen molar-refractivity contribution >= 4 is 0 Å². The van der Waals surface area contributed by atoms with Crippen molar-refractivity contribution in [3.63, 3.8) is 0 Å². The average Bonchev–Trinajstić information content (AvgIpc) is 2.92. The van der Waals surface area contributed by atoms with E-state index in [-0.39, 0.29) is 23.0 Å². The number of aliphatic hydroxyl groups is 1. The SMILES string of the molecule is CC(C)OC1(OC(C)C)CC[C@H]2[C@@H]3C(C)C=C4CCCC[C@]4(CO)[C@@H]3CC[C@@]21C. The minimum absolute atomic E-state index is 0.0492. The van der Waals surface area contributed by atoms with E-state index >= 15 is 0 Å². The summed E-state index contributed by atoms with van der Waals surface area (Å²) in [5, 5.41) is 10.7. The normalized spacial score (nSPS) is 43.7. The Kier molecular flexibility index (Phi) is 5.75. The van der Waals surface area contributed by atoms with Gasteiger partial charge in [-0.05, 0) is 89.9 Å². The van der Waals surface area contributed by atoms with E-state index in [2.05, 4.69) is 47.6 Å². The van der Waals surface area contributed by atoms with Crippen molar-refractivity contribution in [2.24, 2.45) is 34.5 Å². The van der Waals surface area contributed by atoms with E-state index < -0.39 is 5.79 Å². The molecule has 3 nitrogen and oxygen atoms in total. The molecule has 0 aromatic rings. The maximum atomic E-state index is 10.7. The van der Waals surface area contributed by atoms with Crippen LogP contribution < -0.4 is 0 Å². The largest absolute Gasteiger partial charge is 0.395 e. The first-order valence-corrected chi connectivity index (χ1v) is 12.4. The minimum Gasteiger partial charge on any atom is -0.395 e. The summed E-state index contributed by atoms with van der Waals surface area (Å²) in [6, 6.07) is 0. The molecule has 4 aliphatic rings. The van der Waals surface area contributed by atoms with Gasteiger partial charge < -0.3 is 14.6 Å². The lowest BCUT2D eigenvalue weighted by atomic mass is 9.45. The highest BCUT2D eigenvalue weighted by Crippen LogP contribution is 2.69. The molecule has 29 heavy (non-hydrogen) atoms.